The Bertz CT molecular complexity index is 1230. The SMILES string of the molecule is Cc1cc2c(Oc3ccc([N+](=O)[O-])cc3F)ccnc2cc1OCc1ccccc1. The number of hydrogen-bond acceptors (Lipinski definition) is 5. The van der Waals surface area contributed by atoms with Crippen molar-refractivity contribution in [2.45, 2.75) is 13.5 Å². The first-order valence-corrected chi connectivity index (χ1v) is 9.19. The first-order chi connectivity index (χ1) is 14.5. The molecule has 0 aliphatic heterocycles. The number of benzene rings is 3. The molecule has 0 spiro atoms. The van der Waals surface area contributed by atoms with Gasteiger partial charge in [0.1, 0.15) is 18.1 Å². The van der Waals surface area contributed by atoms with Gasteiger partial charge in [-0.25, -0.2) is 4.39 Å². The van der Waals surface area contributed by atoms with Crippen LogP contribution >= 0.6 is 0 Å². The highest BCUT2D eigenvalue weighted by Crippen LogP contribution is 2.34. The summed E-state index contributed by atoms with van der Waals surface area (Å²) in [5.74, 6) is 0.173. The molecule has 0 aliphatic rings. The Morgan fingerprint density at radius 1 is 1.00 bits per heavy atom. The monoisotopic (exact) mass is 404 g/mol. The highest BCUT2D eigenvalue weighted by molar-refractivity contribution is 5.87. The molecule has 0 amide bonds. The van der Waals surface area contributed by atoms with E-state index in [-0.39, 0.29) is 11.4 Å². The number of aromatic nitrogens is 1. The van der Waals surface area contributed by atoms with Crippen LogP contribution in [0.15, 0.2) is 72.9 Å². The predicted molar refractivity (Wildman–Crippen MR) is 110 cm³/mol. The van der Waals surface area contributed by atoms with Crippen molar-refractivity contribution in [3.05, 3.63) is 100.0 Å². The number of nitro benzene ring substituents is 1. The lowest BCUT2D eigenvalue weighted by molar-refractivity contribution is -0.385. The van der Waals surface area contributed by atoms with Gasteiger partial charge in [-0.05, 0) is 36.2 Å². The lowest BCUT2D eigenvalue weighted by Gasteiger charge is -2.13. The van der Waals surface area contributed by atoms with E-state index in [4.69, 9.17) is 9.47 Å². The van der Waals surface area contributed by atoms with E-state index in [0.717, 1.165) is 17.2 Å². The van der Waals surface area contributed by atoms with Crippen LogP contribution in [0.5, 0.6) is 17.2 Å². The molecule has 0 saturated heterocycles. The van der Waals surface area contributed by atoms with Crippen molar-refractivity contribution >= 4 is 16.6 Å². The van der Waals surface area contributed by atoms with Crippen LogP contribution in [0, 0.1) is 22.9 Å². The molecule has 4 aromatic rings. The van der Waals surface area contributed by atoms with Gasteiger partial charge in [-0.1, -0.05) is 30.3 Å². The topological polar surface area (TPSA) is 74.5 Å². The Hall–Kier alpha value is -4.00. The summed E-state index contributed by atoms with van der Waals surface area (Å²) < 4.78 is 25.9. The molecular weight excluding hydrogens is 387 g/mol. The molecule has 0 aliphatic carbocycles. The van der Waals surface area contributed by atoms with Crippen LogP contribution in [0.1, 0.15) is 11.1 Å². The standard InChI is InChI=1S/C23H17FN2O4/c1-15-11-18-20(13-23(15)29-14-16-5-3-2-4-6-16)25-10-9-21(18)30-22-8-7-17(26(27)28)12-19(22)24/h2-13H,14H2,1H3. The zero-order chi connectivity index (χ0) is 21.1. The number of hydrogen-bond donors (Lipinski definition) is 0. The van der Waals surface area contributed by atoms with E-state index >= 15 is 0 Å². The summed E-state index contributed by atoms with van der Waals surface area (Å²) in [6, 6.07) is 18.4. The fourth-order valence-electron chi connectivity index (χ4n) is 3.04. The molecule has 1 aromatic heterocycles. The zero-order valence-corrected chi connectivity index (χ0v) is 16.0. The van der Waals surface area contributed by atoms with Crippen LogP contribution in [0.4, 0.5) is 10.1 Å². The van der Waals surface area contributed by atoms with Gasteiger partial charge >= 0.3 is 0 Å². The van der Waals surface area contributed by atoms with Gasteiger partial charge in [0.05, 0.1) is 16.5 Å². The van der Waals surface area contributed by atoms with Gasteiger partial charge in [-0.3, -0.25) is 15.1 Å². The van der Waals surface area contributed by atoms with Crippen molar-refractivity contribution in [1.29, 1.82) is 0 Å². The summed E-state index contributed by atoms with van der Waals surface area (Å²) in [4.78, 5) is 14.5. The van der Waals surface area contributed by atoms with Gasteiger partial charge < -0.3 is 9.47 Å². The molecule has 6 nitrogen and oxygen atoms in total. The number of fused-ring (bicyclic) bond motifs is 1. The summed E-state index contributed by atoms with van der Waals surface area (Å²) in [6.07, 6.45) is 1.55. The molecule has 1 heterocycles. The lowest BCUT2D eigenvalue weighted by atomic mass is 10.1. The second kappa shape index (κ2) is 8.16. The molecule has 0 radical (unpaired) electrons. The molecule has 0 N–H and O–H groups in total. The van der Waals surface area contributed by atoms with Crippen molar-refractivity contribution in [3.8, 4) is 17.2 Å². The molecule has 0 bridgehead atoms. The largest absolute Gasteiger partial charge is 0.489 e. The summed E-state index contributed by atoms with van der Waals surface area (Å²) >= 11 is 0. The fourth-order valence-corrected chi connectivity index (χ4v) is 3.04. The van der Waals surface area contributed by atoms with Crippen LogP contribution in [-0.4, -0.2) is 9.91 Å². The smallest absolute Gasteiger partial charge is 0.272 e. The summed E-state index contributed by atoms with van der Waals surface area (Å²) in [6.45, 7) is 2.33. The number of aryl methyl sites for hydroxylation is 1. The normalized spacial score (nSPS) is 10.7. The van der Waals surface area contributed by atoms with Crippen LogP contribution in [-0.2, 0) is 6.61 Å². The number of ether oxygens (including phenoxy) is 2. The highest BCUT2D eigenvalue weighted by atomic mass is 19.1. The van der Waals surface area contributed by atoms with Crippen molar-refractivity contribution in [2.75, 3.05) is 0 Å². The maximum Gasteiger partial charge on any atom is 0.272 e. The quantitative estimate of drug-likeness (QED) is 0.293. The first kappa shape index (κ1) is 19.3. The molecule has 0 atom stereocenters. The molecule has 0 fully saturated rings. The van der Waals surface area contributed by atoms with Gasteiger partial charge in [0.15, 0.2) is 11.6 Å². The molecule has 3 aromatic carbocycles. The average Bonchev–Trinajstić information content (AvgIpc) is 2.74. The van der Waals surface area contributed by atoms with Crippen LogP contribution in [0.3, 0.4) is 0 Å². The number of halogens is 1. The van der Waals surface area contributed by atoms with Crippen LogP contribution < -0.4 is 9.47 Å². The van der Waals surface area contributed by atoms with Gasteiger partial charge in [0.25, 0.3) is 5.69 Å². The number of rotatable bonds is 6. The summed E-state index contributed by atoms with van der Waals surface area (Å²) in [5.41, 5.74) is 2.22. The molecule has 30 heavy (non-hydrogen) atoms. The van der Waals surface area contributed by atoms with Crippen molar-refractivity contribution < 1.29 is 18.8 Å². The minimum absolute atomic E-state index is 0.102. The van der Waals surface area contributed by atoms with Gasteiger partial charge in [0.2, 0.25) is 0 Å². The zero-order valence-electron chi connectivity index (χ0n) is 16.0. The van der Waals surface area contributed by atoms with Crippen LogP contribution in [0.2, 0.25) is 0 Å². The second-order valence-corrected chi connectivity index (χ2v) is 6.69. The molecule has 7 heteroatoms. The summed E-state index contributed by atoms with van der Waals surface area (Å²) in [7, 11) is 0. The summed E-state index contributed by atoms with van der Waals surface area (Å²) in [5, 5.41) is 11.5. The predicted octanol–water partition coefficient (Wildman–Crippen LogP) is 5.96. The molecule has 4 rings (SSSR count). The number of nitro groups is 1. The van der Waals surface area contributed by atoms with Crippen molar-refractivity contribution in [2.24, 2.45) is 0 Å². The van der Waals surface area contributed by atoms with E-state index in [0.29, 0.717) is 29.0 Å². The minimum atomic E-state index is -0.811. The fraction of sp³-hybridized carbons (Fsp3) is 0.0870. The van der Waals surface area contributed by atoms with Crippen molar-refractivity contribution in [3.63, 3.8) is 0 Å². The average molecular weight is 404 g/mol. The Kier molecular flexibility index (Phi) is 5.26. The third-order valence-corrected chi connectivity index (χ3v) is 4.58. The maximum absolute atomic E-state index is 14.2. The van der Waals surface area contributed by atoms with Gasteiger partial charge in [-0.2, -0.15) is 0 Å². The number of pyridine rings is 1. The number of non-ortho nitro benzene ring substituents is 1. The molecule has 0 saturated carbocycles. The minimum Gasteiger partial charge on any atom is -0.489 e. The Morgan fingerprint density at radius 3 is 2.53 bits per heavy atom. The highest BCUT2D eigenvalue weighted by Gasteiger charge is 2.14. The lowest BCUT2D eigenvalue weighted by Crippen LogP contribution is -1.98. The van der Waals surface area contributed by atoms with E-state index in [2.05, 4.69) is 4.98 Å². The second-order valence-electron chi connectivity index (χ2n) is 6.69. The van der Waals surface area contributed by atoms with E-state index < -0.39 is 10.7 Å². The Labute approximate surface area is 171 Å². The molecule has 0 unspecified atom stereocenters. The van der Waals surface area contributed by atoms with E-state index in [1.165, 1.54) is 12.1 Å². The van der Waals surface area contributed by atoms with Crippen LogP contribution in [0.25, 0.3) is 10.9 Å². The van der Waals surface area contributed by atoms with E-state index in [1.54, 1.807) is 12.3 Å². The first-order valence-electron chi connectivity index (χ1n) is 9.19. The van der Waals surface area contributed by atoms with Gasteiger partial charge in [-0.15, -0.1) is 0 Å². The van der Waals surface area contributed by atoms with Crippen molar-refractivity contribution in [1.82, 2.24) is 4.98 Å². The molecular formula is C23H17FN2O4. The molecule has 150 valence electrons. The van der Waals surface area contributed by atoms with E-state index in [1.807, 2.05) is 49.4 Å². The number of nitrogens with zero attached hydrogens (tertiary/aromatic N) is 2. The maximum atomic E-state index is 14.2. The Morgan fingerprint density at radius 2 is 1.80 bits per heavy atom. The third kappa shape index (κ3) is 4.05. The van der Waals surface area contributed by atoms with E-state index in [9.17, 15) is 14.5 Å². The van der Waals surface area contributed by atoms with Gasteiger partial charge in [0, 0.05) is 23.7 Å². The third-order valence-electron chi connectivity index (χ3n) is 4.58. The Balaban J connectivity index is 1.62.